The third kappa shape index (κ3) is 5.72. The number of alkyl carbamates (subject to hydrolysis) is 1. The van der Waals surface area contributed by atoms with Crippen molar-refractivity contribution in [2.24, 2.45) is 5.92 Å². The van der Waals surface area contributed by atoms with Gasteiger partial charge in [0.25, 0.3) is 0 Å². The number of carbonyl (C=O) groups is 1. The number of ether oxygens (including phenoxy) is 1. The molecule has 5 heteroatoms. The average Bonchev–Trinajstić information content (AvgIpc) is 3.09. The van der Waals surface area contributed by atoms with Gasteiger partial charge in [-0.3, -0.25) is 0 Å². The van der Waals surface area contributed by atoms with Gasteiger partial charge in [-0.15, -0.1) is 0 Å². The minimum absolute atomic E-state index is 0.137. The van der Waals surface area contributed by atoms with Crippen LogP contribution in [0.1, 0.15) is 52.0 Å². The quantitative estimate of drug-likeness (QED) is 0.562. The number of aromatic nitrogens is 2. The van der Waals surface area contributed by atoms with Gasteiger partial charge in [-0.25, -0.2) is 9.78 Å². The molecule has 0 spiro atoms. The van der Waals surface area contributed by atoms with Crippen LogP contribution in [0.4, 0.5) is 4.79 Å². The molecule has 1 aromatic heterocycles. The van der Waals surface area contributed by atoms with Gasteiger partial charge in [0.2, 0.25) is 0 Å². The molecule has 0 aliphatic carbocycles. The van der Waals surface area contributed by atoms with Crippen molar-refractivity contribution in [2.75, 3.05) is 0 Å². The molecule has 2 aromatic carbocycles. The van der Waals surface area contributed by atoms with Crippen molar-refractivity contribution >= 4 is 6.09 Å². The van der Waals surface area contributed by atoms with Crippen molar-refractivity contribution in [3.05, 3.63) is 78.2 Å². The highest BCUT2D eigenvalue weighted by molar-refractivity contribution is 5.68. The highest BCUT2D eigenvalue weighted by Crippen LogP contribution is 2.27. The zero-order valence-corrected chi connectivity index (χ0v) is 18.4. The van der Waals surface area contributed by atoms with Crippen LogP contribution >= 0.6 is 0 Å². The normalized spacial score (nSPS) is 12.6. The second-order valence-electron chi connectivity index (χ2n) is 8.83. The van der Waals surface area contributed by atoms with Crippen LogP contribution in [0.15, 0.2) is 66.9 Å². The Kier molecular flexibility index (Phi) is 6.60. The van der Waals surface area contributed by atoms with Gasteiger partial charge in [0, 0.05) is 18.3 Å². The lowest BCUT2D eigenvalue weighted by Crippen LogP contribution is -2.38. The van der Waals surface area contributed by atoms with Crippen LogP contribution in [0.25, 0.3) is 11.3 Å². The van der Waals surface area contributed by atoms with Gasteiger partial charge in [0.15, 0.2) is 0 Å². The van der Waals surface area contributed by atoms with E-state index in [2.05, 4.69) is 42.1 Å². The van der Waals surface area contributed by atoms with Gasteiger partial charge in [-0.05, 0) is 32.3 Å². The monoisotopic (exact) mass is 405 g/mol. The smallest absolute Gasteiger partial charge is 0.408 e. The fraction of sp³-hybridized carbons (Fsp3) is 0.360. The third-order valence-corrected chi connectivity index (χ3v) is 4.69. The van der Waals surface area contributed by atoms with Gasteiger partial charge in [-0.2, -0.15) is 0 Å². The van der Waals surface area contributed by atoms with Crippen LogP contribution in [0.5, 0.6) is 0 Å². The summed E-state index contributed by atoms with van der Waals surface area (Å²) in [4.78, 5) is 17.5. The van der Waals surface area contributed by atoms with Gasteiger partial charge in [0.1, 0.15) is 11.4 Å². The van der Waals surface area contributed by atoms with Gasteiger partial charge in [-0.1, -0.05) is 74.5 Å². The minimum atomic E-state index is -0.555. The summed E-state index contributed by atoms with van der Waals surface area (Å²) in [6, 6.07) is 20.1. The van der Waals surface area contributed by atoms with E-state index in [1.54, 1.807) is 0 Å². The first-order valence-electron chi connectivity index (χ1n) is 10.4. The molecular formula is C25H31N3O2. The first kappa shape index (κ1) is 21.6. The molecular weight excluding hydrogens is 374 g/mol. The molecule has 5 nitrogen and oxygen atoms in total. The number of hydrogen-bond acceptors (Lipinski definition) is 3. The molecule has 0 saturated carbocycles. The Hall–Kier alpha value is -3.08. The summed E-state index contributed by atoms with van der Waals surface area (Å²) in [5.74, 6) is 0.955. The standard InChI is InChI=1S/C25H31N3O2/c1-18(2)22(27-24(29)30-25(3,4)5)23-26-21(20-14-10-7-11-15-20)17-28(23)16-19-12-8-6-9-13-19/h6-15,17-18,22H,16H2,1-5H3,(H,27,29)/t22-/m1/s1. The van der Waals surface area contributed by atoms with Crippen molar-refractivity contribution in [2.45, 2.75) is 52.8 Å². The first-order chi connectivity index (χ1) is 14.2. The Morgan fingerprint density at radius 3 is 2.20 bits per heavy atom. The summed E-state index contributed by atoms with van der Waals surface area (Å²) in [7, 11) is 0. The largest absolute Gasteiger partial charge is 0.444 e. The lowest BCUT2D eigenvalue weighted by molar-refractivity contribution is 0.0485. The summed E-state index contributed by atoms with van der Waals surface area (Å²) < 4.78 is 7.63. The lowest BCUT2D eigenvalue weighted by Gasteiger charge is -2.26. The number of carbonyl (C=O) groups excluding carboxylic acids is 1. The van der Waals surface area contributed by atoms with Gasteiger partial charge < -0.3 is 14.6 Å². The van der Waals surface area contributed by atoms with E-state index in [4.69, 9.17) is 9.72 Å². The molecule has 1 heterocycles. The topological polar surface area (TPSA) is 56.1 Å². The predicted molar refractivity (Wildman–Crippen MR) is 120 cm³/mol. The maximum Gasteiger partial charge on any atom is 0.408 e. The molecule has 0 saturated heterocycles. The van der Waals surface area contributed by atoms with E-state index in [9.17, 15) is 4.79 Å². The molecule has 1 atom stereocenters. The predicted octanol–water partition coefficient (Wildman–Crippen LogP) is 5.82. The average molecular weight is 406 g/mol. The molecule has 0 unspecified atom stereocenters. The number of imidazole rings is 1. The molecule has 158 valence electrons. The maximum absolute atomic E-state index is 12.5. The Morgan fingerprint density at radius 1 is 1.03 bits per heavy atom. The molecule has 1 N–H and O–H groups in total. The fourth-order valence-electron chi connectivity index (χ4n) is 3.30. The Labute approximate surface area is 179 Å². The third-order valence-electron chi connectivity index (χ3n) is 4.69. The van der Waals surface area contributed by atoms with E-state index in [-0.39, 0.29) is 12.0 Å². The fourth-order valence-corrected chi connectivity index (χ4v) is 3.30. The summed E-state index contributed by atoms with van der Waals surface area (Å²) >= 11 is 0. The van der Waals surface area contributed by atoms with E-state index in [0.29, 0.717) is 6.54 Å². The summed E-state index contributed by atoms with van der Waals surface area (Å²) in [6.07, 6.45) is 1.63. The van der Waals surface area contributed by atoms with Gasteiger partial charge >= 0.3 is 6.09 Å². The van der Waals surface area contributed by atoms with E-state index >= 15 is 0 Å². The summed E-state index contributed by atoms with van der Waals surface area (Å²) in [5.41, 5.74) is 2.55. The second kappa shape index (κ2) is 9.16. The SMILES string of the molecule is CC(C)[C@@H](NC(=O)OC(C)(C)C)c1nc(-c2ccccc2)cn1Cc1ccccc1. The molecule has 1 amide bonds. The molecule has 0 radical (unpaired) electrons. The Bertz CT molecular complexity index is 957. The second-order valence-corrected chi connectivity index (χ2v) is 8.83. The zero-order chi connectivity index (χ0) is 21.7. The van der Waals surface area contributed by atoms with Crippen LogP contribution in [0.3, 0.4) is 0 Å². The molecule has 0 aliphatic heterocycles. The highest BCUT2D eigenvalue weighted by atomic mass is 16.6. The van der Waals surface area contributed by atoms with E-state index < -0.39 is 11.7 Å². The number of hydrogen-bond donors (Lipinski definition) is 1. The highest BCUT2D eigenvalue weighted by Gasteiger charge is 2.27. The Morgan fingerprint density at radius 2 is 1.63 bits per heavy atom. The van der Waals surface area contributed by atoms with E-state index in [0.717, 1.165) is 17.1 Å². The number of nitrogens with zero attached hydrogens (tertiary/aromatic N) is 2. The minimum Gasteiger partial charge on any atom is -0.444 e. The zero-order valence-electron chi connectivity index (χ0n) is 18.4. The number of nitrogens with one attached hydrogen (secondary N) is 1. The molecule has 0 bridgehead atoms. The lowest BCUT2D eigenvalue weighted by atomic mass is 10.0. The molecule has 3 aromatic rings. The molecule has 0 aliphatic rings. The van der Waals surface area contributed by atoms with Crippen LogP contribution < -0.4 is 5.32 Å². The van der Waals surface area contributed by atoms with Crippen molar-refractivity contribution in [3.8, 4) is 11.3 Å². The molecule has 0 fully saturated rings. The number of amides is 1. The van der Waals surface area contributed by atoms with Crippen LogP contribution in [0.2, 0.25) is 0 Å². The first-order valence-corrected chi connectivity index (χ1v) is 10.4. The van der Waals surface area contributed by atoms with Gasteiger partial charge in [0.05, 0.1) is 11.7 Å². The van der Waals surface area contributed by atoms with E-state index in [1.165, 1.54) is 5.56 Å². The van der Waals surface area contributed by atoms with Crippen molar-refractivity contribution in [1.29, 1.82) is 0 Å². The summed E-state index contributed by atoms with van der Waals surface area (Å²) in [5, 5.41) is 3.04. The molecule has 30 heavy (non-hydrogen) atoms. The van der Waals surface area contributed by atoms with Crippen LogP contribution in [0, 0.1) is 5.92 Å². The van der Waals surface area contributed by atoms with E-state index in [1.807, 2.05) is 69.3 Å². The van der Waals surface area contributed by atoms with Crippen molar-refractivity contribution in [1.82, 2.24) is 14.9 Å². The number of rotatable bonds is 6. The molecule has 3 rings (SSSR count). The number of benzene rings is 2. The van der Waals surface area contributed by atoms with Crippen LogP contribution in [-0.4, -0.2) is 21.2 Å². The Balaban J connectivity index is 1.98. The maximum atomic E-state index is 12.5. The van der Waals surface area contributed by atoms with Crippen LogP contribution in [-0.2, 0) is 11.3 Å². The van der Waals surface area contributed by atoms with Crippen molar-refractivity contribution < 1.29 is 9.53 Å². The van der Waals surface area contributed by atoms with Crippen molar-refractivity contribution in [3.63, 3.8) is 0 Å². The summed E-state index contributed by atoms with van der Waals surface area (Å²) in [6.45, 7) is 10.4.